The molecule has 0 saturated carbocycles. The highest BCUT2D eigenvalue weighted by atomic mass is 19.1. The predicted molar refractivity (Wildman–Crippen MR) is 99.6 cm³/mol. The average molecular weight is 377 g/mol. The van der Waals surface area contributed by atoms with Gasteiger partial charge in [-0.3, -0.25) is 10.1 Å². The van der Waals surface area contributed by atoms with Crippen LogP contribution in [0.2, 0.25) is 0 Å². The number of pyridine rings is 1. The number of hydrogen-bond acceptors (Lipinski definition) is 5. The minimum absolute atomic E-state index is 0.109. The molecular weight excluding hydrogens is 365 g/mol. The molecule has 4 aromatic rings. The summed E-state index contributed by atoms with van der Waals surface area (Å²) in [6.45, 7) is 0. The summed E-state index contributed by atoms with van der Waals surface area (Å²) >= 11 is 0. The number of carbonyl (C=O) groups excluding carboxylic acids is 1. The molecule has 0 unspecified atom stereocenters. The fraction of sp³-hybridized carbons (Fsp3) is 0. The van der Waals surface area contributed by atoms with Gasteiger partial charge in [-0.05, 0) is 42.5 Å². The van der Waals surface area contributed by atoms with Crippen molar-refractivity contribution < 1.29 is 18.8 Å². The zero-order valence-electron chi connectivity index (χ0n) is 14.3. The highest BCUT2D eigenvalue weighted by Crippen LogP contribution is 2.24. The lowest BCUT2D eigenvalue weighted by Crippen LogP contribution is -2.16. The Morgan fingerprint density at radius 3 is 2.50 bits per heavy atom. The van der Waals surface area contributed by atoms with Crippen molar-refractivity contribution in [2.75, 3.05) is 0 Å². The maximum atomic E-state index is 14.1. The molecule has 0 aliphatic heterocycles. The van der Waals surface area contributed by atoms with Crippen LogP contribution >= 0.6 is 0 Å². The van der Waals surface area contributed by atoms with E-state index < -0.39 is 16.8 Å². The van der Waals surface area contributed by atoms with E-state index in [1.54, 1.807) is 36.4 Å². The second kappa shape index (κ2) is 6.92. The number of carbonyl (C=O) groups is 1. The minimum atomic E-state index is -0.734. The van der Waals surface area contributed by atoms with Gasteiger partial charge in [-0.15, -0.1) is 0 Å². The molecule has 0 saturated heterocycles. The molecular formula is C20H12FN3O4. The third-order valence-electron chi connectivity index (χ3n) is 4.14. The number of hydrogen-bond donors (Lipinski definition) is 0. The van der Waals surface area contributed by atoms with Gasteiger partial charge in [0.15, 0.2) is 0 Å². The first-order chi connectivity index (χ1) is 13.5. The Balaban J connectivity index is 1.66. The summed E-state index contributed by atoms with van der Waals surface area (Å²) in [6, 6.07) is 16.5. The molecule has 0 radical (unpaired) electrons. The second-order valence-electron chi connectivity index (χ2n) is 5.89. The maximum Gasteiger partial charge on any atom is 0.425 e. The van der Waals surface area contributed by atoms with Crippen molar-refractivity contribution >= 4 is 22.8 Å². The van der Waals surface area contributed by atoms with Crippen molar-refractivity contribution in [1.82, 2.24) is 9.55 Å². The van der Waals surface area contributed by atoms with E-state index in [-0.39, 0.29) is 11.4 Å². The predicted octanol–water partition coefficient (Wildman–Crippen LogP) is 4.80. The summed E-state index contributed by atoms with van der Waals surface area (Å²) in [4.78, 5) is 27.1. The maximum absolute atomic E-state index is 14.1. The molecule has 0 bridgehead atoms. The van der Waals surface area contributed by atoms with Gasteiger partial charge < -0.3 is 4.74 Å². The van der Waals surface area contributed by atoms with E-state index in [0.29, 0.717) is 22.3 Å². The minimum Gasteiger partial charge on any atom is -0.410 e. The van der Waals surface area contributed by atoms with Gasteiger partial charge in [0.25, 0.3) is 5.69 Å². The Labute approximate surface area is 157 Å². The van der Waals surface area contributed by atoms with Crippen LogP contribution in [-0.4, -0.2) is 20.6 Å². The molecule has 8 heteroatoms. The standard InChI is InChI=1S/C20H12FN3O4/c21-17-4-2-1-3-16(17)18-10-5-13-11-12-23(19(13)22-18)20(25)28-15-8-6-14(7-9-15)24(26)27/h1-12H. The van der Waals surface area contributed by atoms with Crippen molar-refractivity contribution in [2.24, 2.45) is 0 Å². The molecule has 2 aromatic heterocycles. The van der Waals surface area contributed by atoms with Gasteiger partial charge in [-0.1, -0.05) is 12.1 Å². The molecule has 7 nitrogen and oxygen atoms in total. The van der Waals surface area contributed by atoms with Crippen LogP contribution in [0.3, 0.4) is 0 Å². The monoisotopic (exact) mass is 377 g/mol. The highest BCUT2D eigenvalue weighted by Gasteiger charge is 2.15. The van der Waals surface area contributed by atoms with Crippen LogP contribution in [0, 0.1) is 15.9 Å². The Kier molecular flexibility index (Phi) is 4.29. The van der Waals surface area contributed by atoms with E-state index in [1.165, 1.54) is 41.1 Å². The second-order valence-corrected chi connectivity index (χ2v) is 5.89. The topological polar surface area (TPSA) is 87.3 Å². The molecule has 0 amide bonds. The van der Waals surface area contributed by atoms with Crippen molar-refractivity contribution in [3.8, 4) is 17.0 Å². The van der Waals surface area contributed by atoms with Gasteiger partial charge in [0.1, 0.15) is 17.2 Å². The number of fused-ring (bicyclic) bond motifs is 1. The van der Waals surface area contributed by atoms with Crippen molar-refractivity contribution in [2.45, 2.75) is 0 Å². The van der Waals surface area contributed by atoms with E-state index in [4.69, 9.17) is 4.74 Å². The average Bonchev–Trinajstić information content (AvgIpc) is 3.12. The number of benzene rings is 2. The van der Waals surface area contributed by atoms with Gasteiger partial charge in [0, 0.05) is 29.3 Å². The quantitative estimate of drug-likeness (QED) is 0.378. The number of ether oxygens (including phenoxy) is 1. The zero-order valence-corrected chi connectivity index (χ0v) is 14.3. The van der Waals surface area contributed by atoms with Crippen LogP contribution in [0.5, 0.6) is 5.75 Å². The smallest absolute Gasteiger partial charge is 0.410 e. The number of nitro groups is 1. The summed E-state index contributed by atoms with van der Waals surface area (Å²) in [5.74, 6) is -0.261. The molecule has 0 atom stereocenters. The molecule has 4 rings (SSSR count). The molecule has 138 valence electrons. The SMILES string of the molecule is O=C(Oc1ccc([N+](=O)[O-])cc1)n1ccc2ccc(-c3ccccc3F)nc21. The Morgan fingerprint density at radius 2 is 1.79 bits per heavy atom. The molecule has 2 heterocycles. The largest absolute Gasteiger partial charge is 0.425 e. The fourth-order valence-corrected chi connectivity index (χ4v) is 2.76. The lowest BCUT2D eigenvalue weighted by Gasteiger charge is -2.07. The number of nitrogens with zero attached hydrogens (tertiary/aromatic N) is 3. The number of aromatic nitrogens is 2. The molecule has 2 aromatic carbocycles. The first-order valence-corrected chi connectivity index (χ1v) is 8.22. The van der Waals surface area contributed by atoms with Gasteiger partial charge in [-0.2, -0.15) is 0 Å². The van der Waals surface area contributed by atoms with Crippen LogP contribution < -0.4 is 4.74 Å². The summed E-state index contributed by atoms with van der Waals surface area (Å²) in [7, 11) is 0. The van der Waals surface area contributed by atoms with Gasteiger partial charge >= 0.3 is 6.09 Å². The number of rotatable bonds is 3. The van der Waals surface area contributed by atoms with Gasteiger partial charge in [0.05, 0.1) is 10.6 Å². The van der Waals surface area contributed by atoms with Crippen LogP contribution in [0.25, 0.3) is 22.3 Å². The lowest BCUT2D eigenvalue weighted by molar-refractivity contribution is -0.384. The first kappa shape index (κ1) is 17.3. The number of nitro benzene ring substituents is 1. The van der Waals surface area contributed by atoms with Crippen LogP contribution in [-0.2, 0) is 0 Å². The van der Waals surface area contributed by atoms with E-state index in [9.17, 15) is 19.3 Å². The highest BCUT2D eigenvalue weighted by molar-refractivity contribution is 5.89. The Hall–Kier alpha value is -4.07. The normalized spacial score (nSPS) is 10.8. The zero-order chi connectivity index (χ0) is 19.7. The van der Waals surface area contributed by atoms with Gasteiger partial charge in [0.2, 0.25) is 0 Å². The van der Waals surface area contributed by atoms with Gasteiger partial charge in [-0.25, -0.2) is 18.7 Å². The summed E-state index contributed by atoms with van der Waals surface area (Å²) < 4.78 is 20.5. The van der Waals surface area contributed by atoms with Crippen LogP contribution in [0.4, 0.5) is 14.9 Å². The summed E-state index contributed by atoms with van der Waals surface area (Å²) in [5, 5.41) is 11.4. The van der Waals surface area contributed by atoms with Crippen molar-refractivity contribution in [3.63, 3.8) is 0 Å². The third-order valence-corrected chi connectivity index (χ3v) is 4.14. The van der Waals surface area contributed by atoms with Crippen LogP contribution in [0.1, 0.15) is 0 Å². The van der Waals surface area contributed by atoms with E-state index in [1.807, 2.05) is 0 Å². The molecule has 0 aliphatic carbocycles. The summed E-state index contributed by atoms with van der Waals surface area (Å²) in [5.41, 5.74) is 0.907. The van der Waals surface area contributed by atoms with E-state index >= 15 is 0 Å². The molecule has 0 N–H and O–H groups in total. The molecule has 0 fully saturated rings. The lowest BCUT2D eigenvalue weighted by atomic mass is 10.1. The van der Waals surface area contributed by atoms with E-state index in [2.05, 4.69) is 4.98 Å². The summed E-state index contributed by atoms with van der Waals surface area (Å²) in [6.07, 6.45) is 0.762. The number of halogens is 1. The molecule has 28 heavy (non-hydrogen) atoms. The van der Waals surface area contributed by atoms with Crippen molar-refractivity contribution in [3.05, 3.63) is 88.9 Å². The molecule has 0 spiro atoms. The first-order valence-electron chi connectivity index (χ1n) is 8.22. The van der Waals surface area contributed by atoms with E-state index in [0.717, 1.165) is 0 Å². The molecule has 0 aliphatic rings. The Bertz CT molecular complexity index is 1200. The fourth-order valence-electron chi connectivity index (χ4n) is 2.76. The van der Waals surface area contributed by atoms with Crippen LogP contribution in [0.15, 0.2) is 72.9 Å². The Morgan fingerprint density at radius 1 is 1.04 bits per heavy atom. The van der Waals surface area contributed by atoms with Crippen molar-refractivity contribution in [1.29, 1.82) is 0 Å². The number of non-ortho nitro benzene ring substituents is 1. The third kappa shape index (κ3) is 3.18.